The standard InChI is InChI=1S/C29H21N2O.C12H10N.Ir/c1-17-7-9-20-10-11-21(14-22(20)13-17)26-15-27(30-16-18(26)2)25-6-4-5-23-24-12-8-19(3)31-29(24)32-28(23)25;1-10-7-8-12(13-9-10)11-5-3-2-4-6-11;/h4-5,7-16H,1-3H3;2-5,7-9H,1H3;/q2*-1;/i1D3,2D3,3D3;1D3;. The molecule has 0 amide bonds. The first-order valence-corrected chi connectivity index (χ1v) is 14.0. The second kappa shape index (κ2) is 13.2. The molecule has 4 aromatic carbocycles. The molecule has 0 aliphatic rings. The third-order valence-electron chi connectivity index (χ3n) is 7.36. The van der Waals surface area contributed by atoms with Crippen molar-refractivity contribution in [3.05, 3.63) is 150 Å². The van der Waals surface area contributed by atoms with E-state index in [1.807, 2.05) is 24.3 Å². The van der Waals surface area contributed by atoms with E-state index in [-0.39, 0.29) is 48.2 Å². The number of aromatic nitrogens is 3. The van der Waals surface area contributed by atoms with Crippen LogP contribution in [0.15, 0.2) is 120 Å². The van der Waals surface area contributed by atoms with E-state index in [0.29, 0.717) is 44.1 Å². The van der Waals surface area contributed by atoms with E-state index < -0.39 is 27.4 Å². The summed E-state index contributed by atoms with van der Waals surface area (Å²) >= 11 is 0. The molecule has 46 heavy (non-hydrogen) atoms. The zero-order chi connectivity index (χ0) is 40.9. The van der Waals surface area contributed by atoms with Crippen LogP contribution < -0.4 is 0 Å². The molecular weight excluding hydrogens is 743 g/mol. The number of benzene rings is 4. The normalized spacial score (nSPS) is 15.8. The van der Waals surface area contributed by atoms with E-state index in [9.17, 15) is 0 Å². The quantitative estimate of drug-likeness (QED) is 0.167. The van der Waals surface area contributed by atoms with Crippen molar-refractivity contribution in [2.24, 2.45) is 0 Å². The summed E-state index contributed by atoms with van der Waals surface area (Å²) in [6, 6.07) is 35.4. The van der Waals surface area contributed by atoms with Gasteiger partial charge in [-0.15, -0.1) is 54.1 Å². The number of fused-ring (bicyclic) bond motifs is 4. The molecule has 8 rings (SSSR count). The van der Waals surface area contributed by atoms with Gasteiger partial charge in [-0.05, 0) is 90.0 Å². The van der Waals surface area contributed by atoms with Gasteiger partial charge in [-0.3, -0.25) is 0 Å². The fourth-order valence-corrected chi connectivity index (χ4v) is 5.16. The van der Waals surface area contributed by atoms with Gasteiger partial charge in [-0.25, -0.2) is 4.98 Å². The van der Waals surface area contributed by atoms with Crippen LogP contribution in [0.25, 0.3) is 66.5 Å². The van der Waals surface area contributed by atoms with Crippen LogP contribution in [0.4, 0.5) is 0 Å². The van der Waals surface area contributed by atoms with Crippen LogP contribution in [0.2, 0.25) is 0 Å². The molecule has 0 spiro atoms. The average molecular weight is 786 g/mol. The fourth-order valence-electron chi connectivity index (χ4n) is 5.16. The smallest absolute Gasteiger partial charge is 0.216 e. The van der Waals surface area contributed by atoms with Gasteiger partial charge in [0.15, 0.2) is 0 Å². The van der Waals surface area contributed by atoms with Gasteiger partial charge in [0.25, 0.3) is 0 Å². The third kappa shape index (κ3) is 6.25. The van der Waals surface area contributed by atoms with Gasteiger partial charge in [-0.1, -0.05) is 65.0 Å². The Morgan fingerprint density at radius 1 is 0.674 bits per heavy atom. The van der Waals surface area contributed by atoms with Gasteiger partial charge in [0.2, 0.25) is 5.71 Å². The summed E-state index contributed by atoms with van der Waals surface area (Å²) in [5.74, 6) is 0. The fraction of sp³-hybridized carbons (Fsp3) is 0.0976. The summed E-state index contributed by atoms with van der Waals surface area (Å²) < 4.78 is 98.4. The van der Waals surface area contributed by atoms with Crippen LogP contribution >= 0.6 is 0 Å². The van der Waals surface area contributed by atoms with E-state index in [0.717, 1.165) is 16.6 Å². The number of pyridine rings is 3. The van der Waals surface area contributed by atoms with Crippen LogP contribution in [-0.4, -0.2) is 15.0 Å². The second-order valence-corrected chi connectivity index (χ2v) is 10.3. The maximum Gasteiger partial charge on any atom is 0.216 e. The van der Waals surface area contributed by atoms with Gasteiger partial charge in [0.1, 0.15) is 0 Å². The van der Waals surface area contributed by atoms with Gasteiger partial charge in [0.05, 0.1) is 5.58 Å². The molecule has 0 atom stereocenters. The molecule has 0 saturated heterocycles. The first-order valence-electron chi connectivity index (χ1n) is 20.0. The van der Waals surface area contributed by atoms with Crippen molar-refractivity contribution in [2.75, 3.05) is 0 Å². The van der Waals surface area contributed by atoms with Gasteiger partial charge in [0, 0.05) is 60.0 Å². The monoisotopic (exact) mass is 786 g/mol. The second-order valence-electron chi connectivity index (χ2n) is 10.3. The molecule has 0 bridgehead atoms. The van der Waals surface area contributed by atoms with E-state index in [4.69, 9.17) is 20.9 Å². The predicted octanol–water partition coefficient (Wildman–Crippen LogP) is 10.4. The summed E-state index contributed by atoms with van der Waals surface area (Å²) in [6.45, 7) is -9.24. The Labute approximate surface area is 299 Å². The van der Waals surface area contributed by atoms with Crippen molar-refractivity contribution < 1.29 is 41.0 Å². The molecule has 4 nitrogen and oxygen atoms in total. The Morgan fingerprint density at radius 3 is 2.37 bits per heavy atom. The van der Waals surface area contributed by atoms with E-state index >= 15 is 0 Å². The molecule has 5 heteroatoms. The molecule has 0 fully saturated rings. The SMILES string of the molecule is [2H]C([2H])([2H])c1ccc(-c2[c-]cccc2)nc1.[2H]C([2H])([2H])c1ccc2ccc(-c3cc(-c4[c-]ccc5c4oc4nc(C([2H])([2H])[2H])ccc45)ncc3C([2H])([2H])[2H])cc2c1.[Ir]. The number of hydrogen-bond acceptors (Lipinski definition) is 4. The third-order valence-corrected chi connectivity index (χ3v) is 7.36. The minimum absolute atomic E-state index is 0. The van der Waals surface area contributed by atoms with Crippen molar-refractivity contribution in [3.8, 4) is 33.6 Å². The topological polar surface area (TPSA) is 51.8 Å². The molecule has 0 aliphatic heterocycles. The summed E-state index contributed by atoms with van der Waals surface area (Å²) in [7, 11) is 0. The van der Waals surface area contributed by atoms with Gasteiger partial charge >= 0.3 is 0 Å². The largest absolute Gasteiger partial charge is 0.486 e. The molecule has 4 heterocycles. The van der Waals surface area contributed by atoms with Crippen molar-refractivity contribution in [3.63, 3.8) is 0 Å². The van der Waals surface area contributed by atoms with Crippen LogP contribution in [0, 0.1) is 39.5 Å². The van der Waals surface area contributed by atoms with Crippen molar-refractivity contribution in [1.29, 1.82) is 0 Å². The number of hydrogen-bond donors (Lipinski definition) is 0. The van der Waals surface area contributed by atoms with Crippen molar-refractivity contribution >= 4 is 32.8 Å². The zero-order valence-electron chi connectivity index (χ0n) is 36.1. The molecule has 4 aromatic heterocycles. The minimum Gasteiger partial charge on any atom is -0.486 e. The molecule has 0 unspecified atom stereocenters. The number of nitrogens with zero attached hydrogens (tertiary/aromatic N) is 3. The minimum atomic E-state index is -2.47. The van der Waals surface area contributed by atoms with Crippen molar-refractivity contribution in [1.82, 2.24) is 15.0 Å². The summed E-state index contributed by atoms with van der Waals surface area (Å²) in [6.07, 6.45) is 2.70. The number of aryl methyl sites for hydroxylation is 4. The molecule has 8 aromatic rings. The maximum atomic E-state index is 8.13. The molecule has 227 valence electrons. The van der Waals surface area contributed by atoms with Crippen LogP contribution in [0.3, 0.4) is 0 Å². The van der Waals surface area contributed by atoms with E-state index in [2.05, 4.69) is 27.1 Å². The van der Waals surface area contributed by atoms with E-state index in [1.54, 1.807) is 72.8 Å². The molecular formula is C41H31IrN3O-2. The van der Waals surface area contributed by atoms with Crippen LogP contribution in [0.1, 0.15) is 38.8 Å². The van der Waals surface area contributed by atoms with Crippen LogP contribution in [-0.2, 0) is 20.1 Å². The summed E-state index contributed by atoms with van der Waals surface area (Å²) in [5.41, 5.74) is 4.37. The van der Waals surface area contributed by atoms with Crippen LogP contribution in [0.5, 0.6) is 0 Å². The Hall–Kier alpha value is -4.96. The molecule has 0 saturated carbocycles. The van der Waals surface area contributed by atoms with E-state index in [1.165, 1.54) is 18.5 Å². The maximum absolute atomic E-state index is 8.13. The Kier molecular flexibility index (Phi) is 5.60. The molecule has 1 radical (unpaired) electrons. The molecule has 0 N–H and O–H groups in total. The number of rotatable bonds is 3. The zero-order valence-corrected chi connectivity index (χ0v) is 26.4. The Bertz CT molecular complexity index is 2740. The Morgan fingerprint density at radius 2 is 1.57 bits per heavy atom. The number of furan rings is 1. The molecule has 0 aliphatic carbocycles. The van der Waals surface area contributed by atoms with Crippen molar-refractivity contribution in [2.45, 2.75) is 27.4 Å². The average Bonchev–Trinajstić information content (AvgIpc) is 3.55. The van der Waals surface area contributed by atoms with Gasteiger partial charge in [-0.2, -0.15) is 0 Å². The first kappa shape index (κ1) is 19.5. The Balaban J connectivity index is 0.000000280. The summed E-state index contributed by atoms with van der Waals surface area (Å²) in [5, 5.41) is 2.79. The van der Waals surface area contributed by atoms with Gasteiger partial charge < -0.3 is 14.4 Å². The summed E-state index contributed by atoms with van der Waals surface area (Å²) in [4.78, 5) is 12.8. The first-order chi connectivity index (χ1) is 26.8. The predicted molar refractivity (Wildman–Crippen MR) is 184 cm³/mol.